The summed E-state index contributed by atoms with van der Waals surface area (Å²) in [5.41, 5.74) is 5.71. The average Bonchev–Trinajstić information content (AvgIpc) is 2.78. The zero-order valence-corrected chi connectivity index (χ0v) is 17.8. The lowest BCUT2D eigenvalue weighted by atomic mass is 9.88. The Balaban J connectivity index is 1.19. The zero-order valence-electron chi connectivity index (χ0n) is 17.8. The van der Waals surface area contributed by atoms with Gasteiger partial charge in [0.2, 0.25) is 5.91 Å². The number of unbranched alkanes of at least 4 members (excludes halogenated alkanes) is 2. The van der Waals surface area contributed by atoms with E-state index in [0.717, 1.165) is 75.8 Å². The summed E-state index contributed by atoms with van der Waals surface area (Å²) in [6, 6.07) is 14.6. The highest BCUT2D eigenvalue weighted by atomic mass is 16.2. The fourth-order valence-electron chi connectivity index (χ4n) is 4.67. The number of carbonyl (C=O) groups excluding carboxylic acids is 2. The summed E-state index contributed by atoms with van der Waals surface area (Å²) >= 11 is 0. The van der Waals surface area contributed by atoms with Crippen LogP contribution in [0.4, 0.5) is 5.69 Å². The molecule has 0 radical (unpaired) electrons. The Morgan fingerprint density at radius 1 is 0.933 bits per heavy atom. The van der Waals surface area contributed by atoms with E-state index in [2.05, 4.69) is 41.7 Å². The van der Waals surface area contributed by atoms with Gasteiger partial charge in [-0.3, -0.25) is 9.59 Å². The molecule has 2 heterocycles. The average molecular weight is 405 g/mol. The SMILES string of the molecule is O=C(CCCCCNCCc1ccccc1)c1cc2c3c(c1)CCC(=O)N3CCC2. The Labute approximate surface area is 179 Å². The smallest absolute Gasteiger partial charge is 0.227 e. The second-order valence-electron chi connectivity index (χ2n) is 8.51. The van der Waals surface area contributed by atoms with Crippen molar-refractivity contribution in [1.82, 2.24) is 5.32 Å². The number of benzene rings is 2. The van der Waals surface area contributed by atoms with Crippen LogP contribution in [-0.4, -0.2) is 31.3 Å². The Morgan fingerprint density at radius 3 is 2.57 bits per heavy atom. The highest BCUT2D eigenvalue weighted by Gasteiger charge is 2.30. The first kappa shape index (κ1) is 20.8. The van der Waals surface area contributed by atoms with Crippen molar-refractivity contribution in [3.8, 4) is 0 Å². The fourth-order valence-corrected chi connectivity index (χ4v) is 4.67. The van der Waals surface area contributed by atoms with Crippen molar-refractivity contribution in [3.05, 3.63) is 64.7 Å². The summed E-state index contributed by atoms with van der Waals surface area (Å²) in [5, 5.41) is 3.50. The van der Waals surface area contributed by atoms with Crippen molar-refractivity contribution in [2.45, 2.75) is 57.8 Å². The second-order valence-corrected chi connectivity index (χ2v) is 8.51. The van der Waals surface area contributed by atoms with Crippen LogP contribution >= 0.6 is 0 Å². The number of rotatable bonds is 10. The van der Waals surface area contributed by atoms with Gasteiger partial charge < -0.3 is 10.2 Å². The third-order valence-corrected chi connectivity index (χ3v) is 6.29. The maximum Gasteiger partial charge on any atom is 0.227 e. The fraction of sp³-hybridized carbons (Fsp3) is 0.462. The molecule has 4 rings (SSSR count). The molecule has 0 aliphatic carbocycles. The summed E-state index contributed by atoms with van der Waals surface area (Å²) in [5.74, 6) is 0.486. The number of aryl methyl sites for hydroxylation is 2. The van der Waals surface area contributed by atoms with Crippen LogP contribution in [0.3, 0.4) is 0 Å². The number of Topliss-reactive ketones (excluding diaryl/α,β-unsaturated/α-hetero) is 1. The molecular weight excluding hydrogens is 372 g/mol. The molecule has 2 aromatic rings. The third kappa shape index (κ3) is 4.99. The molecule has 0 saturated carbocycles. The van der Waals surface area contributed by atoms with Crippen molar-refractivity contribution in [2.75, 3.05) is 24.5 Å². The van der Waals surface area contributed by atoms with E-state index in [4.69, 9.17) is 0 Å². The van der Waals surface area contributed by atoms with Gasteiger partial charge in [0.05, 0.1) is 5.69 Å². The maximum atomic E-state index is 12.8. The van der Waals surface area contributed by atoms with E-state index in [0.29, 0.717) is 12.8 Å². The van der Waals surface area contributed by atoms with Crippen LogP contribution in [0.1, 0.15) is 65.6 Å². The maximum absolute atomic E-state index is 12.8. The molecule has 0 unspecified atom stereocenters. The molecule has 0 fully saturated rings. The second kappa shape index (κ2) is 10.0. The van der Waals surface area contributed by atoms with Gasteiger partial charge in [-0.2, -0.15) is 0 Å². The molecule has 4 nitrogen and oxygen atoms in total. The molecule has 0 bridgehead atoms. The molecule has 158 valence electrons. The van der Waals surface area contributed by atoms with Crippen LogP contribution in [0.5, 0.6) is 0 Å². The van der Waals surface area contributed by atoms with Crippen LogP contribution in [0.15, 0.2) is 42.5 Å². The van der Waals surface area contributed by atoms with E-state index in [-0.39, 0.29) is 11.7 Å². The first-order valence-electron chi connectivity index (χ1n) is 11.5. The zero-order chi connectivity index (χ0) is 20.8. The third-order valence-electron chi connectivity index (χ3n) is 6.29. The molecule has 4 heteroatoms. The van der Waals surface area contributed by atoms with Crippen LogP contribution in [0.2, 0.25) is 0 Å². The summed E-state index contributed by atoms with van der Waals surface area (Å²) in [6.45, 7) is 2.83. The van der Waals surface area contributed by atoms with Crippen molar-refractivity contribution in [1.29, 1.82) is 0 Å². The molecule has 1 N–H and O–H groups in total. The topological polar surface area (TPSA) is 49.4 Å². The largest absolute Gasteiger partial charge is 0.316 e. The van der Waals surface area contributed by atoms with Crippen LogP contribution < -0.4 is 10.2 Å². The molecule has 0 spiro atoms. The lowest BCUT2D eigenvalue weighted by Gasteiger charge is -2.35. The molecule has 1 amide bonds. The van der Waals surface area contributed by atoms with Gasteiger partial charge in [0, 0.05) is 24.9 Å². The monoisotopic (exact) mass is 404 g/mol. The van der Waals surface area contributed by atoms with Gasteiger partial charge in [-0.15, -0.1) is 0 Å². The van der Waals surface area contributed by atoms with E-state index in [1.54, 1.807) is 0 Å². The highest BCUT2D eigenvalue weighted by Crippen LogP contribution is 2.36. The van der Waals surface area contributed by atoms with Crippen LogP contribution in [0, 0.1) is 0 Å². The van der Waals surface area contributed by atoms with Gasteiger partial charge in [-0.05, 0) is 80.4 Å². The molecule has 2 aliphatic rings. The molecule has 0 atom stereocenters. The quantitative estimate of drug-likeness (QED) is 0.469. The van der Waals surface area contributed by atoms with E-state index in [1.807, 2.05) is 11.0 Å². The number of amides is 1. The number of hydrogen-bond donors (Lipinski definition) is 1. The number of nitrogens with one attached hydrogen (secondary N) is 1. The van der Waals surface area contributed by atoms with Crippen molar-refractivity contribution < 1.29 is 9.59 Å². The highest BCUT2D eigenvalue weighted by molar-refractivity contribution is 6.01. The molecule has 2 aliphatic heterocycles. The Bertz CT molecular complexity index is 874. The van der Waals surface area contributed by atoms with Gasteiger partial charge in [-0.1, -0.05) is 36.8 Å². The Hall–Kier alpha value is -2.46. The minimum atomic E-state index is 0.236. The number of hydrogen-bond acceptors (Lipinski definition) is 3. The summed E-state index contributed by atoms with van der Waals surface area (Å²) in [7, 11) is 0. The van der Waals surface area contributed by atoms with Crippen LogP contribution in [-0.2, 0) is 24.1 Å². The van der Waals surface area contributed by atoms with Gasteiger partial charge >= 0.3 is 0 Å². The molecule has 30 heavy (non-hydrogen) atoms. The predicted octanol–water partition coefficient (Wildman–Crippen LogP) is 4.49. The number of anilines is 1. The van der Waals surface area contributed by atoms with E-state index < -0.39 is 0 Å². The standard InChI is InChI=1S/C26H32N2O2/c29-24(11-5-2-6-15-27-16-14-20-8-3-1-4-9-20)23-18-21-10-7-17-28-25(30)13-12-22(19-23)26(21)28/h1,3-4,8-9,18-19,27H,2,5-7,10-17H2. The molecular formula is C26H32N2O2. The first-order valence-corrected chi connectivity index (χ1v) is 11.5. The first-order chi connectivity index (χ1) is 14.7. The number of carbonyl (C=O) groups is 2. The van der Waals surface area contributed by atoms with Crippen LogP contribution in [0.25, 0.3) is 0 Å². The number of nitrogens with zero attached hydrogens (tertiary/aromatic N) is 1. The summed E-state index contributed by atoms with van der Waals surface area (Å²) in [6.07, 6.45) is 8.10. The Morgan fingerprint density at radius 2 is 1.73 bits per heavy atom. The van der Waals surface area contributed by atoms with Crippen molar-refractivity contribution >= 4 is 17.4 Å². The van der Waals surface area contributed by atoms with Gasteiger partial charge in [0.15, 0.2) is 5.78 Å². The van der Waals surface area contributed by atoms with E-state index in [1.165, 1.54) is 16.7 Å². The van der Waals surface area contributed by atoms with Gasteiger partial charge in [0.25, 0.3) is 0 Å². The molecule has 0 saturated heterocycles. The van der Waals surface area contributed by atoms with Gasteiger partial charge in [-0.25, -0.2) is 0 Å². The minimum absolute atomic E-state index is 0.236. The van der Waals surface area contributed by atoms with E-state index >= 15 is 0 Å². The summed E-state index contributed by atoms with van der Waals surface area (Å²) < 4.78 is 0. The van der Waals surface area contributed by atoms with Crippen molar-refractivity contribution in [3.63, 3.8) is 0 Å². The molecule has 0 aromatic heterocycles. The van der Waals surface area contributed by atoms with E-state index in [9.17, 15) is 9.59 Å². The predicted molar refractivity (Wildman–Crippen MR) is 121 cm³/mol. The normalized spacial score (nSPS) is 15.2. The number of ketones is 1. The lowest BCUT2D eigenvalue weighted by molar-refractivity contribution is -0.119. The van der Waals surface area contributed by atoms with Crippen molar-refractivity contribution in [2.24, 2.45) is 0 Å². The minimum Gasteiger partial charge on any atom is -0.316 e. The summed E-state index contributed by atoms with van der Waals surface area (Å²) in [4.78, 5) is 26.9. The van der Waals surface area contributed by atoms with Gasteiger partial charge in [0.1, 0.15) is 0 Å². The lowest BCUT2D eigenvalue weighted by Crippen LogP contribution is -2.39. The Kier molecular flexibility index (Phi) is 6.96. The molecule has 2 aromatic carbocycles.